The van der Waals surface area contributed by atoms with Crippen LogP contribution in [0.1, 0.15) is 31.1 Å². The third-order valence-corrected chi connectivity index (χ3v) is 1.89. The summed E-state index contributed by atoms with van der Waals surface area (Å²) in [6.45, 7) is 6.25. The van der Waals surface area contributed by atoms with Crippen LogP contribution in [0.2, 0.25) is 0 Å². The standard InChI is InChI=1S/C13H17NO2/c1-13(2,3)9-14-11-7-5-10(6-8-11)12(15)16-4/h5-9H,1-4H3. The zero-order valence-corrected chi connectivity index (χ0v) is 10.2. The summed E-state index contributed by atoms with van der Waals surface area (Å²) >= 11 is 0. The van der Waals surface area contributed by atoms with Crippen LogP contribution >= 0.6 is 0 Å². The predicted octanol–water partition coefficient (Wildman–Crippen LogP) is 3.22. The highest BCUT2D eigenvalue weighted by atomic mass is 16.5. The van der Waals surface area contributed by atoms with Gasteiger partial charge in [0, 0.05) is 6.21 Å². The number of ether oxygens (including phenoxy) is 1. The molecule has 1 aromatic rings. The van der Waals surface area contributed by atoms with Crippen LogP contribution in [0.3, 0.4) is 0 Å². The number of carbonyl (C=O) groups is 1. The molecule has 0 bridgehead atoms. The molecule has 0 aliphatic heterocycles. The van der Waals surface area contributed by atoms with E-state index in [0.29, 0.717) is 5.56 Å². The molecule has 0 aliphatic rings. The van der Waals surface area contributed by atoms with Gasteiger partial charge in [0.15, 0.2) is 0 Å². The quantitative estimate of drug-likeness (QED) is 0.566. The molecule has 0 atom stereocenters. The van der Waals surface area contributed by atoms with E-state index >= 15 is 0 Å². The molecule has 1 aromatic carbocycles. The summed E-state index contributed by atoms with van der Waals surface area (Å²) in [4.78, 5) is 15.5. The minimum atomic E-state index is -0.327. The molecule has 0 fully saturated rings. The molecule has 1 rings (SSSR count). The maximum atomic E-state index is 11.2. The lowest BCUT2D eigenvalue weighted by atomic mass is 9.99. The highest BCUT2D eigenvalue weighted by molar-refractivity contribution is 5.89. The molecule has 0 heterocycles. The van der Waals surface area contributed by atoms with E-state index in [1.165, 1.54) is 7.11 Å². The summed E-state index contributed by atoms with van der Waals surface area (Å²) in [5.41, 5.74) is 1.43. The van der Waals surface area contributed by atoms with Gasteiger partial charge in [-0.15, -0.1) is 0 Å². The zero-order chi connectivity index (χ0) is 12.2. The Bertz CT molecular complexity index is 385. The number of hydrogen-bond acceptors (Lipinski definition) is 3. The molecule has 16 heavy (non-hydrogen) atoms. The van der Waals surface area contributed by atoms with E-state index < -0.39 is 0 Å². The van der Waals surface area contributed by atoms with Gasteiger partial charge < -0.3 is 4.74 Å². The van der Waals surface area contributed by atoms with Crippen LogP contribution in [0.5, 0.6) is 0 Å². The first-order chi connectivity index (χ1) is 7.42. The van der Waals surface area contributed by atoms with Gasteiger partial charge in [-0.05, 0) is 29.7 Å². The molecule has 0 unspecified atom stereocenters. The van der Waals surface area contributed by atoms with Crippen molar-refractivity contribution in [2.24, 2.45) is 10.4 Å². The summed E-state index contributed by atoms with van der Waals surface area (Å²) in [6, 6.07) is 7.02. The van der Waals surface area contributed by atoms with Gasteiger partial charge in [-0.25, -0.2) is 4.79 Å². The lowest BCUT2D eigenvalue weighted by molar-refractivity contribution is 0.0601. The Morgan fingerprint density at radius 1 is 1.25 bits per heavy atom. The van der Waals surface area contributed by atoms with E-state index in [-0.39, 0.29) is 11.4 Å². The molecule has 0 radical (unpaired) electrons. The van der Waals surface area contributed by atoms with E-state index in [1.807, 2.05) is 6.21 Å². The predicted molar refractivity (Wildman–Crippen MR) is 65.4 cm³/mol. The molecule has 86 valence electrons. The van der Waals surface area contributed by atoms with Crippen LogP contribution in [0, 0.1) is 5.41 Å². The molecule has 0 saturated heterocycles. The highest BCUT2D eigenvalue weighted by Gasteiger charge is 2.06. The number of esters is 1. The smallest absolute Gasteiger partial charge is 0.337 e. The Morgan fingerprint density at radius 3 is 2.25 bits per heavy atom. The Morgan fingerprint density at radius 2 is 1.81 bits per heavy atom. The van der Waals surface area contributed by atoms with Crippen LogP contribution in [0.15, 0.2) is 29.3 Å². The first kappa shape index (κ1) is 12.4. The molecular weight excluding hydrogens is 202 g/mol. The van der Waals surface area contributed by atoms with Gasteiger partial charge in [-0.3, -0.25) is 4.99 Å². The molecule has 0 amide bonds. The summed E-state index contributed by atoms with van der Waals surface area (Å²) in [5.74, 6) is -0.327. The SMILES string of the molecule is COC(=O)c1ccc(N=CC(C)(C)C)cc1. The van der Waals surface area contributed by atoms with Gasteiger partial charge in [-0.2, -0.15) is 0 Å². The number of carbonyl (C=O) groups excluding carboxylic acids is 1. The molecule has 3 heteroatoms. The van der Waals surface area contributed by atoms with Gasteiger partial charge in [0.25, 0.3) is 0 Å². The fourth-order valence-electron chi connectivity index (χ4n) is 1.07. The van der Waals surface area contributed by atoms with Crippen molar-refractivity contribution in [2.75, 3.05) is 7.11 Å². The fourth-order valence-corrected chi connectivity index (χ4v) is 1.07. The fraction of sp³-hybridized carbons (Fsp3) is 0.385. The molecule has 0 saturated carbocycles. The normalized spacial score (nSPS) is 11.8. The number of rotatable bonds is 2. The number of aliphatic imine (C=N–C) groups is 1. The second-order valence-corrected chi connectivity index (χ2v) is 4.66. The first-order valence-corrected chi connectivity index (χ1v) is 5.16. The summed E-state index contributed by atoms with van der Waals surface area (Å²) in [7, 11) is 1.37. The Labute approximate surface area is 96.2 Å². The van der Waals surface area contributed by atoms with E-state index in [9.17, 15) is 4.79 Å². The van der Waals surface area contributed by atoms with Crippen molar-refractivity contribution in [1.82, 2.24) is 0 Å². The summed E-state index contributed by atoms with van der Waals surface area (Å²) in [5, 5.41) is 0. The van der Waals surface area contributed by atoms with Crippen LogP contribution in [-0.2, 0) is 4.74 Å². The highest BCUT2D eigenvalue weighted by Crippen LogP contribution is 2.16. The van der Waals surface area contributed by atoms with Crippen molar-refractivity contribution in [1.29, 1.82) is 0 Å². The molecule has 0 aliphatic carbocycles. The Balaban J connectivity index is 2.80. The lowest BCUT2D eigenvalue weighted by Crippen LogP contribution is -2.05. The molecule has 0 N–H and O–H groups in total. The molecule has 0 aromatic heterocycles. The monoisotopic (exact) mass is 219 g/mol. The second kappa shape index (κ2) is 4.92. The van der Waals surface area contributed by atoms with Crippen molar-refractivity contribution < 1.29 is 9.53 Å². The van der Waals surface area contributed by atoms with Crippen LogP contribution in [0.25, 0.3) is 0 Å². The van der Waals surface area contributed by atoms with Gasteiger partial charge >= 0.3 is 5.97 Å². The van der Waals surface area contributed by atoms with Gasteiger partial charge in [-0.1, -0.05) is 20.8 Å². The average Bonchev–Trinajstić information content (AvgIpc) is 2.25. The van der Waals surface area contributed by atoms with Crippen molar-refractivity contribution in [3.05, 3.63) is 29.8 Å². The Kier molecular flexibility index (Phi) is 3.82. The van der Waals surface area contributed by atoms with Gasteiger partial charge in [0.2, 0.25) is 0 Å². The zero-order valence-electron chi connectivity index (χ0n) is 10.2. The molecule has 3 nitrogen and oxygen atoms in total. The number of nitrogens with zero attached hydrogens (tertiary/aromatic N) is 1. The van der Waals surface area contributed by atoms with Crippen molar-refractivity contribution in [2.45, 2.75) is 20.8 Å². The minimum Gasteiger partial charge on any atom is -0.465 e. The Hall–Kier alpha value is -1.64. The largest absolute Gasteiger partial charge is 0.465 e. The first-order valence-electron chi connectivity index (χ1n) is 5.16. The van der Waals surface area contributed by atoms with E-state index in [4.69, 9.17) is 0 Å². The van der Waals surface area contributed by atoms with E-state index in [0.717, 1.165) is 5.69 Å². The van der Waals surface area contributed by atoms with Crippen molar-refractivity contribution in [3.8, 4) is 0 Å². The van der Waals surface area contributed by atoms with Crippen LogP contribution in [0.4, 0.5) is 5.69 Å². The van der Waals surface area contributed by atoms with Gasteiger partial charge in [0.1, 0.15) is 0 Å². The summed E-state index contributed by atoms with van der Waals surface area (Å²) in [6.07, 6.45) is 1.89. The van der Waals surface area contributed by atoms with Crippen molar-refractivity contribution >= 4 is 17.9 Å². The minimum absolute atomic E-state index is 0.0566. The third kappa shape index (κ3) is 3.85. The van der Waals surface area contributed by atoms with Crippen LogP contribution in [-0.4, -0.2) is 19.3 Å². The molecular formula is C13H17NO2. The summed E-state index contributed by atoms with van der Waals surface area (Å²) < 4.78 is 4.61. The lowest BCUT2D eigenvalue weighted by Gasteiger charge is -2.09. The number of benzene rings is 1. The van der Waals surface area contributed by atoms with E-state index in [1.54, 1.807) is 24.3 Å². The molecule has 0 spiro atoms. The van der Waals surface area contributed by atoms with Crippen molar-refractivity contribution in [3.63, 3.8) is 0 Å². The maximum Gasteiger partial charge on any atom is 0.337 e. The van der Waals surface area contributed by atoms with E-state index in [2.05, 4.69) is 30.5 Å². The number of hydrogen-bond donors (Lipinski definition) is 0. The second-order valence-electron chi connectivity index (χ2n) is 4.66. The third-order valence-electron chi connectivity index (χ3n) is 1.89. The number of methoxy groups -OCH3 is 1. The van der Waals surface area contributed by atoms with Gasteiger partial charge in [0.05, 0.1) is 18.4 Å². The maximum absolute atomic E-state index is 11.2. The topological polar surface area (TPSA) is 38.7 Å². The average molecular weight is 219 g/mol. The van der Waals surface area contributed by atoms with Crippen LogP contribution < -0.4 is 0 Å².